The molecule has 6 nitrogen and oxygen atoms in total. The van der Waals surface area contributed by atoms with Crippen LogP contribution in [-0.4, -0.2) is 15.9 Å². The van der Waals surface area contributed by atoms with Crippen LogP contribution < -0.4 is 10.6 Å². The molecule has 0 fully saturated rings. The molecule has 6 heteroatoms. The Kier molecular flexibility index (Phi) is 5.33. The van der Waals surface area contributed by atoms with E-state index in [0.717, 1.165) is 28.5 Å². The van der Waals surface area contributed by atoms with Gasteiger partial charge in [-0.05, 0) is 37.3 Å². The summed E-state index contributed by atoms with van der Waals surface area (Å²) in [5.74, 6) is 1.97. The van der Waals surface area contributed by atoms with Gasteiger partial charge in [-0.1, -0.05) is 36.4 Å². The van der Waals surface area contributed by atoms with Gasteiger partial charge in [0.2, 0.25) is 0 Å². The van der Waals surface area contributed by atoms with Crippen LogP contribution in [0.4, 0.5) is 11.5 Å². The van der Waals surface area contributed by atoms with Crippen molar-refractivity contribution < 1.29 is 9.21 Å². The molecule has 0 atom stereocenters. The van der Waals surface area contributed by atoms with Crippen LogP contribution in [0.5, 0.6) is 0 Å². The van der Waals surface area contributed by atoms with E-state index in [0.29, 0.717) is 17.9 Å². The molecular formula is C23H20N4O2. The number of nitrogens with zero attached hydrogens (tertiary/aromatic N) is 2. The maximum absolute atomic E-state index is 12.4. The topological polar surface area (TPSA) is 80.0 Å². The quantitative estimate of drug-likeness (QED) is 0.503. The number of aromatic nitrogens is 2. The normalized spacial score (nSPS) is 10.5. The van der Waals surface area contributed by atoms with Crippen LogP contribution in [0.2, 0.25) is 0 Å². The number of hydrogen-bond acceptors (Lipinski definition) is 5. The zero-order valence-corrected chi connectivity index (χ0v) is 15.9. The van der Waals surface area contributed by atoms with Gasteiger partial charge in [0.1, 0.15) is 17.3 Å². The second kappa shape index (κ2) is 8.39. The zero-order chi connectivity index (χ0) is 20.1. The van der Waals surface area contributed by atoms with Crippen molar-refractivity contribution in [1.82, 2.24) is 15.3 Å². The molecule has 1 amide bonds. The lowest BCUT2D eigenvalue weighted by molar-refractivity contribution is 0.0948. The first-order chi connectivity index (χ1) is 14.2. The summed E-state index contributed by atoms with van der Waals surface area (Å²) in [4.78, 5) is 21.3. The van der Waals surface area contributed by atoms with Gasteiger partial charge in [0.25, 0.3) is 5.91 Å². The lowest BCUT2D eigenvalue weighted by Gasteiger charge is -2.08. The van der Waals surface area contributed by atoms with Gasteiger partial charge in [-0.3, -0.25) is 9.78 Å². The summed E-state index contributed by atoms with van der Waals surface area (Å²) in [7, 11) is 0. The van der Waals surface area contributed by atoms with E-state index < -0.39 is 0 Å². The van der Waals surface area contributed by atoms with Gasteiger partial charge >= 0.3 is 0 Å². The monoisotopic (exact) mass is 384 g/mol. The van der Waals surface area contributed by atoms with E-state index in [4.69, 9.17) is 4.42 Å². The predicted molar refractivity (Wildman–Crippen MR) is 112 cm³/mol. The Bertz CT molecular complexity index is 1110. The van der Waals surface area contributed by atoms with Crippen molar-refractivity contribution in [3.8, 4) is 11.3 Å². The summed E-state index contributed by atoms with van der Waals surface area (Å²) in [6.45, 7) is 2.21. The molecule has 29 heavy (non-hydrogen) atoms. The predicted octanol–water partition coefficient (Wildman–Crippen LogP) is 4.72. The highest BCUT2D eigenvalue weighted by molar-refractivity contribution is 5.95. The van der Waals surface area contributed by atoms with E-state index in [-0.39, 0.29) is 5.91 Å². The number of carbonyl (C=O) groups is 1. The number of rotatable bonds is 6. The number of furan rings is 1. The Morgan fingerprint density at radius 2 is 1.83 bits per heavy atom. The summed E-state index contributed by atoms with van der Waals surface area (Å²) in [6, 6.07) is 20.8. The standard InChI is InChI=1S/C23H20N4O2/c1-16-10-11-20(29-16)13-26-23(28)18-8-5-9-19(12-18)27-22-15-24-21(14-25-22)17-6-3-2-4-7-17/h2-12,14-15H,13H2,1H3,(H,25,27)(H,26,28). The first-order valence-corrected chi connectivity index (χ1v) is 9.25. The van der Waals surface area contributed by atoms with Crippen molar-refractivity contribution in [2.45, 2.75) is 13.5 Å². The molecule has 0 spiro atoms. The number of aryl methyl sites for hydroxylation is 1. The number of amides is 1. The van der Waals surface area contributed by atoms with Gasteiger partial charge < -0.3 is 15.1 Å². The van der Waals surface area contributed by atoms with Crippen molar-refractivity contribution in [1.29, 1.82) is 0 Å². The van der Waals surface area contributed by atoms with Crippen LogP contribution in [0.25, 0.3) is 11.3 Å². The van der Waals surface area contributed by atoms with Gasteiger partial charge in [-0.25, -0.2) is 4.98 Å². The molecule has 0 bridgehead atoms. The maximum atomic E-state index is 12.4. The molecule has 0 aliphatic heterocycles. The second-order valence-electron chi connectivity index (χ2n) is 6.55. The van der Waals surface area contributed by atoms with Gasteiger partial charge in [-0.15, -0.1) is 0 Å². The van der Waals surface area contributed by atoms with E-state index in [2.05, 4.69) is 20.6 Å². The Labute approximate surface area is 168 Å². The van der Waals surface area contributed by atoms with Crippen molar-refractivity contribution in [2.75, 3.05) is 5.32 Å². The van der Waals surface area contributed by atoms with E-state index in [1.807, 2.05) is 61.5 Å². The van der Waals surface area contributed by atoms with Crippen LogP contribution in [0, 0.1) is 6.92 Å². The van der Waals surface area contributed by atoms with Crippen LogP contribution >= 0.6 is 0 Å². The molecule has 2 heterocycles. The van der Waals surface area contributed by atoms with E-state index >= 15 is 0 Å². The van der Waals surface area contributed by atoms with Crippen molar-refractivity contribution in [3.63, 3.8) is 0 Å². The van der Waals surface area contributed by atoms with Gasteiger partial charge in [0.15, 0.2) is 0 Å². The number of benzene rings is 2. The molecule has 144 valence electrons. The first kappa shape index (κ1) is 18.4. The second-order valence-corrected chi connectivity index (χ2v) is 6.55. The summed E-state index contributed by atoms with van der Waals surface area (Å²) in [5, 5.41) is 6.04. The molecule has 2 aromatic heterocycles. The van der Waals surface area contributed by atoms with Crippen molar-refractivity contribution in [3.05, 3.63) is 96.2 Å². The summed E-state index contributed by atoms with van der Waals surface area (Å²) in [6.07, 6.45) is 3.40. The molecule has 2 aromatic carbocycles. The number of carbonyl (C=O) groups excluding carboxylic acids is 1. The zero-order valence-electron chi connectivity index (χ0n) is 15.9. The molecule has 0 aliphatic carbocycles. The highest BCUT2D eigenvalue weighted by atomic mass is 16.3. The molecule has 0 radical (unpaired) electrons. The molecule has 4 aromatic rings. The smallest absolute Gasteiger partial charge is 0.251 e. The van der Waals surface area contributed by atoms with E-state index in [9.17, 15) is 4.79 Å². The third-order valence-corrected chi connectivity index (χ3v) is 4.34. The SMILES string of the molecule is Cc1ccc(CNC(=O)c2cccc(Nc3cnc(-c4ccccc4)cn3)c2)o1. The maximum Gasteiger partial charge on any atom is 0.251 e. The average Bonchev–Trinajstić information content (AvgIpc) is 3.18. The highest BCUT2D eigenvalue weighted by Crippen LogP contribution is 2.19. The van der Waals surface area contributed by atoms with Crippen LogP contribution in [0.1, 0.15) is 21.9 Å². The molecule has 0 unspecified atom stereocenters. The molecular weight excluding hydrogens is 364 g/mol. The fourth-order valence-electron chi connectivity index (χ4n) is 2.89. The molecule has 4 rings (SSSR count). The summed E-state index contributed by atoms with van der Waals surface area (Å²) < 4.78 is 5.47. The van der Waals surface area contributed by atoms with Crippen molar-refractivity contribution in [2.24, 2.45) is 0 Å². The largest absolute Gasteiger partial charge is 0.465 e. The fraction of sp³-hybridized carbons (Fsp3) is 0.0870. The van der Waals surface area contributed by atoms with Crippen LogP contribution in [0.15, 0.2) is 83.5 Å². The lowest BCUT2D eigenvalue weighted by Crippen LogP contribution is -2.22. The minimum Gasteiger partial charge on any atom is -0.465 e. The number of anilines is 2. The Hall–Kier alpha value is -3.93. The minimum absolute atomic E-state index is 0.173. The van der Waals surface area contributed by atoms with Crippen LogP contribution in [0.3, 0.4) is 0 Å². The Morgan fingerprint density at radius 1 is 0.966 bits per heavy atom. The lowest BCUT2D eigenvalue weighted by atomic mass is 10.2. The van der Waals surface area contributed by atoms with E-state index in [1.165, 1.54) is 0 Å². The molecule has 2 N–H and O–H groups in total. The molecule has 0 aliphatic rings. The Balaban J connectivity index is 1.41. The third-order valence-electron chi connectivity index (χ3n) is 4.34. The summed E-state index contributed by atoms with van der Waals surface area (Å²) in [5.41, 5.74) is 3.12. The van der Waals surface area contributed by atoms with Crippen LogP contribution in [-0.2, 0) is 6.54 Å². The van der Waals surface area contributed by atoms with Gasteiger partial charge in [0, 0.05) is 16.8 Å². The average molecular weight is 384 g/mol. The molecule has 0 saturated heterocycles. The number of nitrogens with one attached hydrogen (secondary N) is 2. The van der Waals surface area contributed by atoms with Crippen molar-refractivity contribution >= 4 is 17.4 Å². The van der Waals surface area contributed by atoms with Gasteiger partial charge in [0.05, 0.1) is 24.6 Å². The fourth-order valence-corrected chi connectivity index (χ4v) is 2.89. The first-order valence-electron chi connectivity index (χ1n) is 9.25. The Morgan fingerprint density at radius 3 is 2.55 bits per heavy atom. The molecule has 0 saturated carbocycles. The number of hydrogen-bond donors (Lipinski definition) is 2. The summed E-state index contributed by atoms with van der Waals surface area (Å²) >= 11 is 0. The highest BCUT2D eigenvalue weighted by Gasteiger charge is 2.08. The van der Waals surface area contributed by atoms with Gasteiger partial charge in [-0.2, -0.15) is 0 Å². The minimum atomic E-state index is -0.173. The third kappa shape index (κ3) is 4.68. The van der Waals surface area contributed by atoms with E-state index in [1.54, 1.807) is 24.5 Å².